The van der Waals surface area contributed by atoms with Gasteiger partial charge >= 0.3 is 0 Å². The Morgan fingerprint density at radius 1 is 0.825 bits per heavy atom. The Morgan fingerprint density at radius 3 is 2.12 bits per heavy atom. The van der Waals surface area contributed by atoms with Crippen LogP contribution in [0.3, 0.4) is 0 Å². The molecule has 0 amide bonds. The number of ether oxygens (including phenoxy) is 4. The van der Waals surface area contributed by atoms with E-state index in [-0.39, 0.29) is 33.8 Å². The predicted molar refractivity (Wildman–Crippen MR) is 133 cm³/mol. The molecule has 2 aliphatic rings. The average molecular weight is 564 g/mol. The van der Waals surface area contributed by atoms with Gasteiger partial charge in [-0.2, -0.15) is 0 Å². The third kappa shape index (κ3) is 4.95. The van der Waals surface area contributed by atoms with Gasteiger partial charge in [0.2, 0.25) is 23.8 Å². The Bertz CT molecular complexity index is 1420. The van der Waals surface area contributed by atoms with Crippen molar-refractivity contribution in [2.45, 2.75) is 62.2 Å². The van der Waals surface area contributed by atoms with E-state index in [2.05, 4.69) is 0 Å². The molecule has 14 heteroatoms. The van der Waals surface area contributed by atoms with Gasteiger partial charge in [-0.05, 0) is 31.2 Å². The molecule has 40 heavy (non-hydrogen) atoms. The number of phenolic OH excluding ortho intramolecular Hbond substituents is 2. The molecule has 8 N–H and O–H groups in total. The topological polar surface area (TPSA) is 229 Å². The van der Waals surface area contributed by atoms with Crippen molar-refractivity contribution >= 4 is 11.0 Å². The highest BCUT2D eigenvalue weighted by atomic mass is 16.7. The van der Waals surface area contributed by atoms with Gasteiger partial charge in [0.05, 0.1) is 12.7 Å². The van der Waals surface area contributed by atoms with Crippen LogP contribution in [0.4, 0.5) is 0 Å². The van der Waals surface area contributed by atoms with Gasteiger partial charge in [0, 0.05) is 17.7 Å². The highest BCUT2D eigenvalue weighted by molar-refractivity contribution is 5.88. The molecule has 0 aliphatic carbocycles. The molecule has 2 fully saturated rings. The second-order valence-electron chi connectivity index (χ2n) is 9.58. The zero-order chi connectivity index (χ0) is 28.9. The monoisotopic (exact) mass is 564 g/mol. The van der Waals surface area contributed by atoms with E-state index in [0.29, 0.717) is 0 Å². The fourth-order valence-electron chi connectivity index (χ4n) is 4.56. The van der Waals surface area contributed by atoms with E-state index in [1.807, 2.05) is 0 Å². The molecule has 0 radical (unpaired) electrons. The highest BCUT2D eigenvalue weighted by Gasteiger charge is 2.45. The number of hydrogen-bond acceptors (Lipinski definition) is 14. The lowest BCUT2D eigenvalue weighted by molar-refractivity contribution is -0.268. The minimum absolute atomic E-state index is 0.0845. The van der Waals surface area contributed by atoms with Gasteiger partial charge in [0.15, 0.2) is 5.76 Å². The molecule has 0 bridgehead atoms. The molecule has 2 aromatic carbocycles. The Labute approximate surface area is 225 Å². The van der Waals surface area contributed by atoms with Gasteiger partial charge in [-0.1, -0.05) is 0 Å². The first kappa shape index (κ1) is 28.1. The molecule has 14 nitrogen and oxygen atoms in total. The van der Waals surface area contributed by atoms with E-state index in [4.69, 9.17) is 23.4 Å². The molecule has 1 aromatic heterocycles. The van der Waals surface area contributed by atoms with Crippen molar-refractivity contribution in [1.82, 2.24) is 0 Å². The standard InChI is InChI=1S/C26H28O14/c1-9-17(30)20(33)22(35)25(36-9)37-12-6-13(29)16-14(7-12)38-23(10-2-4-11(28)5-3-10)24(19(16)32)40-26-21(34)18(31)15(8-27)39-26/h2-7,9,15,17-18,20-22,25-31,33-35H,8H2,1H3. The summed E-state index contributed by atoms with van der Waals surface area (Å²) >= 11 is 0. The highest BCUT2D eigenvalue weighted by Crippen LogP contribution is 2.38. The quantitative estimate of drug-likeness (QED) is 0.178. The lowest BCUT2D eigenvalue weighted by Gasteiger charge is -2.38. The molecule has 216 valence electrons. The van der Waals surface area contributed by atoms with E-state index >= 15 is 0 Å². The molecule has 3 aromatic rings. The van der Waals surface area contributed by atoms with E-state index < -0.39 is 78.8 Å². The average Bonchev–Trinajstić information content (AvgIpc) is 3.20. The molecule has 9 atom stereocenters. The van der Waals surface area contributed by atoms with Crippen LogP contribution in [0.1, 0.15) is 6.92 Å². The maximum atomic E-state index is 13.6. The Morgan fingerprint density at radius 2 is 1.48 bits per heavy atom. The van der Waals surface area contributed by atoms with Crippen molar-refractivity contribution in [2.24, 2.45) is 0 Å². The molecule has 9 unspecified atom stereocenters. The third-order valence-corrected chi connectivity index (χ3v) is 6.83. The lowest BCUT2D eigenvalue weighted by atomic mass is 10.00. The number of aliphatic hydroxyl groups is 6. The largest absolute Gasteiger partial charge is 0.508 e. The first-order valence-corrected chi connectivity index (χ1v) is 12.3. The van der Waals surface area contributed by atoms with Crippen LogP contribution in [-0.2, 0) is 9.47 Å². The van der Waals surface area contributed by atoms with Crippen molar-refractivity contribution in [2.75, 3.05) is 6.61 Å². The molecule has 5 rings (SSSR count). The summed E-state index contributed by atoms with van der Waals surface area (Å²) in [5.74, 6) is -1.54. The first-order chi connectivity index (χ1) is 19.0. The summed E-state index contributed by atoms with van der Waals surface area (Å²) in [4.78, 5) is 13.6. The van der Waals surface area contributed by atoms with Crippen LogP contribution in [0.25, 0.3) is 22.3 Å². The zero-order valence-corrected chi connectivity index (χ0v) is 20.9. The lowest BCUT2D eigenvalue weighted by Crippen LogP contribution is -2.58. The summed E-state index contributed by atoms with van der Waals surface area (Å²) in [6, 6.07) is 7.70. The maximum Gasteiger partial charge on any atom is 0.239 e. The number of rotatable bonds is 6. The Kier molecular flexibility index (Phi) is 7.60. The van der Waals surface area contributed by atoms with Crippen molar-refractivity contribution in [3.63, 3.8) is 0 Å². The molecular formula is C26H28O14. The number of aromatic hydroxyl groups is 2. The number of hydrogen-bond donors (Lipinski definition) is 8. The maximum absolute atomic E-state index is 13.6. The minimum Gasteiger partial charge on any atom is -0.508 e. The van der Waals surface area contributed by atoms with Crippen LogP contribution in [0.15, 0.2) is 45.6 Å². The molecule has 2 saturated heterocycles. The third-order valence-electron chi connectivity index (χ3n) is 6.83. The fraction of sp³-hybridized carbons (Fsp3) is 0.423. The summed E-state index contributed by atoms with van der Waals surface area (Å²) in [6.45, 7) is 0.832. The zero-order valence-electron chi connectivity index (χ0n) is 20.9. The predicted octanol–water partition coefficient (Wildman–Crippen LogP) is -1.10. The normalized spacial score (nSPS) is 32.3. The second kappa shape index (κ2) is 10.8. The SMILES string of the molecule is CC1OC(Oc2cc(O)c3c(=O)c(OC4OC(CO)C(O)C4O)c(-c4ccc(O)cc4)oc3c2)C(O)C(O)C1O. The van der Waals surface area contributed by atoms with E-state index in [0.717, 1.165) is 6.07 Å². The van der Waals surface area contributed by atoms with E-state index in [1.54, 1.807) is 0 Å². The Hall–Kier alpha value is -3.47. The van der Waals surface area contributed by atoms with Crippen LogP contribution in [-0.4, -0.2) is 103 Å². The fourth-order valence-corrected chi connectivity index (χ4v) is 4.56. The molecule has 2 aliphatic heterocycles. The number of benzene rings is 2. The molecular weight excluding hydrogens is 536 g/mol. The van der Waals surface area contributed by atoms with Gasteiger partial charge in [-0.3, -0.25) is 4.79 Å². The summed E-state index contributed by atoms with van der Waals surface area (Å²) in [6.07, 6.45) is -12.8. The van der Waals surface area contributed by atoms with Gasteiger partial charge in [-0.15, -0.1) is 0 Å². The molecule has 3 heterocycles. The first-order valence-electron chi connectivity index (χ1n) is 12.3. The summed E-state index contributed by atoms with van der Waals surface area (Å²) in [5.41, 5.74) is -0.857. The van der Waals surface area contributed by atoms with Crippen LogP contribution in [0, 0.1) is 0 Å². The summed E-state index contributed by atoms with van der Waals surface area (Å²) < 4.78 is 27.9. The number of phenols is 2. The van der Waals surface area contributed by atoms with Crippen LogP contribution >= 0.6 is 0 Å². The van der Waals surface area contributed by atoms with Crippen molar-refractivity contribution in [3.05, 3.63) is 46.6 Å². The van der Waals surface area contributed by atoms with Crippen molar-refractivity contribution in [1.29, 1.82) is 0 Å². The minimum atomic E-state index is -1.64. The Balaban J connectivity index is 1.58. The van der Waals surface area contributed by atoms with Gasteiger partial charge in [-0.25, -0.2) is 0 Å². The molecule has 0 spiro atoms. The van der Waals surface area contributed by atoms with Crippen LogP contribution in [0.2, 0.25) is 0 Å². The van der Waals surface area contributed by atoms with Crippen LogP contribution in [0.5, 0.6) is 23.0 Å². The van der Waals surface area contributed by atoms with E-state index in [1.165, 1.54) is 37.3 Å². The summed E-state index contributed by atoms with van der Waals surface area (Å²) in [5, 5.41) is 80.2. The van der Waals surface area contributed by atoms with Gasteiger partial charge in [0.1, 0.15) is 64.8 Å². The van der Waals surface area contributed by atoms with Gasteiger partial charge < -0.3 is 64.2 Å². The molecule has 0 saturated carbocycles. The van der Waals surface area contributed by atoms with Gasteiger partial charge in [0.25, 0.3) is 0 Å². The van der Waals surface area contributed by atoms with Crippen molar-refractivity contribution in [3.8, 4) is 34.3 Å². The smallest absolute Gasteiger partial charge is 0.239 e. The second-order valence-corrected chi connectivity index (χ2v) is 9.58. The van der Waals surface area contributed by atoms with Crippen LogP contribution < -0.4 is 14.9 Å². The number of fused-ring (bicyclic) bond motifs is 1. The number of aliphatic hydroxyl groups excluding tert-OH is 6. The van der Waals surface area contributed by atoms with E-state index in [9.17, 15) is 45.6 Å². The summed E-state index contributed by atoms with van der Waals surface area (Å²) in [7, 11) is 0. The van der Waals surface area contributed by atoms with Crippen molar-refractivity contribution < 1.29 is 64.2 Å².